The smallest absolute Gasteiger partial charge is 0.234 e. The highest BCUT2D eigenvalue weighted by atomic mass is 16.2. The largest absolute Gasteiger partial charge is 0.352 e. The predicted octanol–water partition coefficient (Wildman–Crippen LogP) is 1.06. The van der Waals surface area contributed by atoms with Crippen LogP contribution in [-0.2, 0) is 9.59 Å². The molecule has 0 aromatic rings. The van der Waals surface area contributed by atoms with E-state index in [1.54, 1.807) is 0 Å². The van der Waals surface area contributed by atoms with Gasteiger partial charge in [-0.2, -0.15) is 0 Å². The summed E-state index contributed by atoms with van der Waals surface area (Å²) >= 11 is 0. The minimum absolute atomic E-state index is 0.0933. The summed E-state index contributed by atoms with van der Waals surface area (Å²) in [4.78, 5) is 24.5. The maximum Gasteiger partial charge on any atom is 0.234 e. The number of hydrogen-bond acceptors (Lipinski definition) is 3. The monoisotopic (exact) mass is 240 g/mol. The normalized spacial score (nSPS) is 20.2. The van der Waals surface area contributed by atoms with Crippen molar-refractivity contribution in [2.45, 2.75) is 39.7 Å². The van der Waals surface area contributed by atoms with Crippen molar-refractivity contribution in [1.29, 1.82) is 0 Å². The molecule has 0 spiro atoms. The van der Waals surface area contributed by atoms with Crippen molar-refractivity contribution in [1.82, 2.24) is 10.2 Å². The highest BCUT2D eigenvalue weighted by Crippen LogP contribution is 2.14. The Bertz CT molecular complexity index is 258. The molecular weight excluding hydrogens is 216 g/mol. The van der Waals surface area contributed by atoms with E-state index in [1.165, 1.54) is 0 Å². The van der Waals surface area contributed by atoms with Crippen LogP contribution in [-0.4, -0.2) is 42.8 Å². The summed E-state index contributed by atoms with van der Waals surface area (Å²) < 4.78 is 0. The van der Waals surface area contributed by atoms with Crippen molar-refractivity contribution in [3.8, 4) is 0 Å². The van der Waals surface area contributed by atoms with Gasteiger partial charge in [0, 0.05) is 12.0 Å². The van der Waals surface area contributed by atoms with Crippen LogP contribution in [0.15, 0.2) is 0 Å². The summed E-state index contributed by atoms with van der Waals surface area (Å²) in [6.07, 6.45) is 2.81. The Hall–Kier alpha value is -0.900. The molecule has 4 heteroatoms. The molecule has 1 aliphatic heterocycles. The topological polar surface area (TPSA) is 49.4 Å². The van der Waals surface area contributed by atoms with Gasteiger partial charge in [-0.3, -0.25) is 9.69 Å². The maximum atomic E-state index is 11.8. The standard InChI is InChI=1S/C13H24N2O2/c1-10(2)11(3)14-13(17)8-15-6-4-12(9-16)5-7-15/h9-12H,4-8H2,1-3H3,(H,14,17). The molecule has 1 rings (SSSR count). The molecule has 1 N–H and O–H groups in total. The molecule has 1 unspecified atom stereocenters. The summed E-state index contributed by atoms with van der Waals surface area (Å²) in [7, 11) is 0. The van der Waals surface area contributed by atoms with Crippen LogP contribution in [0.2, 0.25) is 0 Å². The van der Waals surface area contributed by atoms with Crippen LogP contribution in [0.5, 0.6) is 0 Å². The summed E-state index contributed by atoms with van der Waals surface area (Å²) in [6, 6.07) is 0.218. The summed E-state index contributed by atoms with van der Waals surface area (Å²) in [5, 5.41) is 3.00. The molecule has 0 bridgehead atoms. The van der Waals surface area contributed by atoms with E-state index in [4.69, 9.17) is 0 Å². The lowest BCUT2D eigenvalue weighted by Crippen LogP contribution is -2.45. The number of aldehydes is 1. The van der Waals surface area contributed by atoms with Crippen molar-refractivity contribution in [2.24, 2.45) is 11.8 Å². The SMILES string of the molecule is CC(C)C(C)NC(=O)CN1CCC(C=O)CC1. The fourth-order valence-corrected chi connectivity index (χ4v) is 1.92. The van der Waals surface area contributed by atoms with Crippen molar-refractivity contribution in [3.05, 3.63) is 0 Å². The van der Waals surface area contributed by atoms with Crippen LogP contribution in [0.1, 0.15) is 33.6 Å². The number of amides is 1. The zero-order chi connectivity index (χ0) is 12.8. The van der Waals surface area contributed by atoms with Crippen LogP contribution < -0.4 is 5.32 Å². The van der Waals surface area contributed by atoms with E-state index < -0.39 is 0 Å². The lowest BCUT2D eigenvalue weighted by Gasteiger charge is -2.29. The molecule has 0 aromatic carbocycles. The first kappa shape index (κ1) is 14.2. The Morgan fingerprint density at radius 2 is 1.94 bits per heavy atom. The zero-order valence-corrected chi connectivity index (χ0v) is 11.1. The van der Waals surface area contributed by atoms with Gasteiger partial charge in [-0.25, -0.2) is 0 Å². The first-order valence-corrected chi connectivity index (χ1v) is 6.50. The van der Waals surface area contributed by atoms with Crippen molar-refractivity contribution in [2.75, 3.05) is 19.6 Å². The molecule has 98 valence electrons. The fourth-order valence-electron chi connectivity index (χ4n) is 1.92. The van der Waals surface area contributed by atoms with Crippen LogP contribution in [0.25, 0.3) is 0 Å². The van der Waals surface area contributed by atoms with Gasteiger partial charge in [0.15, 0.2) is 0 Å². The van der Waals surface area contributed by atoms with Crippen molar-refractivity contribution >= 4 is 12.2 Å². The molecule has 17 heavy (non-hydrogen) atoms. The van der Waals surface area contributed by atoms with Gasteiger partial charge >= 0.3 is 0 Å². The average molecular weight is 240 g/mol. The maximum absolute atomic E-state index is 11.8. The molecule has 0 saturated carbocycles. The van der Waals surface area contributed by atoms with Gasteiger partial charge in [-0.15, -0.1) is 0 Å². The van der Waals surface area contributed by atoms with Gasteiger partial charge in [0.05, 0.1) is 6.54 Å². The van der Waals surface area contributed by atoms with Gasteiger partial charge in [0.1, 0.15) is 6.29 Å². The number of likely N-dealkylation sites (tertiary alicyclic amines) is 1. The third kappa shape index (κ3) is 4.86. The van der Waals surface area contributed by atoms with E-state index >= 15 is 0 Å². The third-order valence-corrected chi connectivity index (χ3v) is 3.58. The molecule has 1 aliphatic rings. The summed E-state index contributed by atoms with van der Waals surface area (Å²) in [6.45, 7) is 8.39. The van der Waals surface area contributed by atoms with Crippen molar-refractivity contribution < 1.29 is 9.59 Å². The molecule has 1 fully saturated rings. The lowest BCUT2D eigenvalue weighted by atomic mass is 9.99. The summed E-state index contributed by atoms with van der Waals surface area (Å²) in [5.41, 5.74) is 0. The van der Waals surface area contributed by atoms with E-state index in [0.717, 1.165) is 32.2 Å². The van der Waals surface area contributed by atoms with E-state index in [2.05, 4.69) is 24.1 Å². The van der Waals surface area contributed by atoms with Gasteiger partial charge in [0.2, 0.25) is 5.91 Å². The number of carbonyl (C=O) groups excluding carboxylic acids is 2. The third-order valence-electron chi connectivity index (χ3n) is 3.58. The van der Waals surface area contributed by atoms with E-state index in [0.29, 0.717) is 12.5 Å². The Kier molecular flexibility index (Phi) is 5.62. The molecular formula is C13H24N2O2. The molecule has 1 amide bonds. The number of nitrogens with zero attached hydrogens (tertiary/aromatic N) is 1. The Morgan fingerprint density at radius 3 is 2.41 bits per heavy atom. The molecule has 0 aromatic heterocycles. The summed E-state index contributed by atoms with van der Waals surface area (Å²) in [5.74, 6) is 0.749. The Morgan fingerprint density at radius 1 is 1.35 bits per heavy atom. The molecule has 4 nitrogen and oxygen atoms in total. The molecule has 0 radical (unpaired) electrons. The van der Waals surface area contributed by atoms with E-state index in [-0.39, 0.29) is 17.9 Å². The number of nitrogens with one attached hydrogen (secondary N) is 1. The molecule has 1 atom stereocenters. The van der Waals surface area contributed by atoms with Crippen LogP contribution in [0.4, 0.5) is 0 Å². The second-order valence-corrected chi connectivity index (χ2v) is 5.35. The predicted molar refractivity (Wildman–Crippen MR) is 67.7 cm³/mol. The zero-order valence-electron chi connectivity index (χ0n) is 11.1. The second-order valence-electron chi connectivity index (χ2n) is 5.35. The quantitative estimate of drug-likeness (QED) is 0.731. The van der Waals surface area contributed by atoms with Gasteiger partial charge in [0.25, 0.3) is 0 Å². The second kappa shape index (κ2) is 6.74. The fraction of sp³-hybridized carbons (Fsp3) is 0.846. The molecule has 0 aliphatic carbocycles. The average Bonchev–Trinajstić information content (AvgIpc) is 2.29. The number of piperidine rings is 1. The minimum atomic E-state index is 0.0933. The number of rotatable bonds is 5. The van der Waals surface area contributed by atoms with E-state index in [9.17, 15) is 9.59 Å². The van der Waals surface area contributed by atoms with Gasteiger partial charge < -0.3 is 10.1 Å². The van der Waals surface area contributed by atoms with Crippen LogP contribution in [0.3, 0.4) is 0 Å². The van der Waals surface area contributed by atoms with Gasteiger partial charge in [-0.05, 0) is 38.8 Å². The van der Waals surface area contributed by atoms with Crippen LogP contribution in [0, 0.1) is 11.8 Å². The number of hydrogen-bond donors (Lipinski definition) is 1. The van der Waals surface area contributed by atoms with Crippen LogP contribution >= 0.6 is 0 Å². The lowest BCUT2D eigenvalue weighted by molar-refractivity contribution is -0.123. The first-order chi connectivity index (χ1) is 8.02. The molecule has 1 saturated heterocycles. The van der Waals surface area contributed by atoms with E-state index in [1.807, 2.05) is 6.92 Å². The Labute approximate surface area is 104 Å². The number of carbonyl (C=O) groups is 2. The first-order valence-electron chi connectivity index (χ1n) is 6.50. The molecule has 1 heterocycles. The highest BCUT2D eigenvalue weighted by molar-refractivity contribution is 5.78. The Balaban J connectivity index is 2.26. The van der Waals surface area contributed by atoms with Crippen molar-refractivity contribution in [3.63, 3.8) is 0 Å². The van der Waals surface area contributed by atoms with Gasteiger partial charge in [-0.1, -0.05) is 13.8 Å². The minimum Gasteiger partial charge on any atom is -0.352 e. The highest BCUT2D eigenvalue weighted by Gasteiger charge is 2.21.